The number of carbonyl (C=O) groups is 1. The lowest BCUT2D eigenvalue weighted by Gasteiger charge is -2.26. The van der Waals surface area contributed by atoms with Crippen LogP contribution in [0.3, 0.4) is 0 Å². The van der Waals surface area contributed by atoms with Gasteiger partial charge in [0, 0.05) is 6.42 Å². The molecule has 44 heavy (non-hydrogen) atoms. The van der Waals surface area contributed by atoms with Gasteiger partial charge < -0.3 is 20.6 Å². The van der Waals surface area contributed by atoms with Crippen molar-refractivity contribution < 1.29 is 20.1 Å². The van der Waals surface area contributed by atoms with Gasteiger partial charge in [0.05, 0.1) is 18.8 Å². The van der Waals surface area contributed by atoms with Crippen LogP contribution in [0.1, 0.15) is 206 Å². The van der Waals surface area contributed by atoms with Crippen LogP contribution >= 0.6 is 0 Å². The number of amides is 1. The lowest BCUT2D eigenvalue weighted by molar-refractivity contribution is -0.124. The number of allylic oxidation sites excluding steroid dienone is 2. The Hall–Kier alpha value is -0.910. The van der Waals surface area contributed by atoms with Gasteiger partial charge in [0.15, 0.2) is 0 Å². The third-order valence-corrected chi connectivity index (χ3v) is 9.12. The summed E-state index contributed by atoms with van der Waals surface area (Å²) in [4.78, 5) is 12.3. The molecule has 0 aromatic carbocycles. The predicted octanol–water partition coefficient (Wildman–Crippen LogP) is 10.5. The second-order valence-corrected chi connectivity index (χ2v) is 13.5. The minimum absolute atomic E-state index is 0.155. The van der Waals surface area contributed by atoms with E-state index in [9.17, 15) is 20.1 Å². The van der Waals surface area contributed by atoms with E-state index in [2.05, 4.69) is 31.3 Å². The molecule has 0 saturated heterocycles. The summed E-state index contributed by atoms with van der Waals surface area (Å²) >= 11 is 0. The summed E-state index contributed by atoms with van der Waals surface area (Å²) in [5.74, 6) is -0.155. The molecule has 0 aliphatic rings. The zero-order valence-electron chi connectivity index (χ0n) is 29.6. The van der Waals surface area contributed by atoms with E-state index in [1.165, 1.54) is 141 Å². The maximum atomic E-state index is 12.3. The van der Waals surface area contributed by atoms with Gasteiger partial charge in [-0.15, -0.1) is 0 Å². The van der Waals surface area contributed by atoms with E-state index in [-0.39, 0.29) is 12.5 Å². The molecule has 5 nitrogen and oxygen atoms in total. The smallest absolute Gasteiger partial charge is 0.220 e. The molecule has 0 radical (unpaired) electrons. The Morgan fingerprint density at radius 3 is 1.32 bits per heavy atom. The second kappa shape index (κ2) is 35.0. The molecule has 3 unspecified atom stereocenters. The van der Waals surface area contributed by atoms with E-state index in [1.54, 1.807) is 0 Å². The Morgan fingerprint density at radius 1 is 0.545 bits per heavy atom. The summed E-state index contributed by atoms with van der Waals surface area (Å²) in [6.45, 7) is 4.15. The lowest BCUT2D eigenvalue weighted by Crippen LogP contribution is -2.50. The first-order valence-electron chi connectivity index (χ1n) is 19.5. The molecule has 0 aromatic rings. The van der Waals surface area contributed by atoms with Crippen LogP contribution in [0.15, 0.2) is 12.2 Å². The Bertz CT molecular complexity index is 611. The number of carbonyl (C=O) groups excluding carboxylic acids is 1. The van der Waals surface area contributed by atoms with Crippen molar-refractivity contribution in [2.24, 2.45) is 0 Å². The lowest BCUT2D eigenvalue weighted by atomic mass is 10.0. The Balaban J connectivity index is 3.67. The zero-order valence-corrected chi connectivity index (χ0v) is 29.6. The predicted molar refractivity (Wildman–Crippen MR) is 190 cm³/mol. The Morgan fingerprint density at radius 2 is 0.909 bits per heavy atom. The Kier molecular flexibility index (Phi) is 34.2. The average molecular weight is 624 g/mol. The highest BCUT2D eigenvalue weighted by Crippen LogP contribution is 2.15. The molecule has 0 saturated carbocycles. The van der Waals surface area contributed by atoms with Gasteiger partial charge in [-0.25, -0.2) is 0 Å². The van der Waals surface area contributed by atoms with Crippen molar-refractivity contribution in [3.05, 3.63) is 12.2 Å². The summed E-state index contributed by atoms with van der Waals surface area (Å²) < 4.78 is 0. The van der Waals surface area contributed by atoms with Gasteiger partial charge >= 0.3 is 0 Å². The fraction of sp³-hybridized carbons (Fsp3) is 0.923. The molecular weight excluding hydrogens is 546 g/mol. The van der Waals surface area contributed by atoms with Crippen LogP contribution in [0, 0.1) is 0 Å². The number of aliphatic hydroxyl groups is 3. The van der Waals surface area contributed by atoms with E-state index in [4.69, 9.17) is 0 Å². The van der Waals surface area contributed by atoms with Crippen LogP contribution in [0.5, 0.6) is 0 Å². The summed E-state index contributed by atoms with van der Waals surface area (Å²) in [5.41, 5.74) is 0. The molecule has 0 spiro atoms. The maximum Gasteiger partial charge on any atom is 0.220 e. The molecule has 5 heteroatoms. The van der Waals surface area contributed by atoms with Gasteiger partial charge in [0.1, 0.15) is 6.10 Å². The van der Waals surface area contributed by atoms with Crippen LogP contribution in [0.25, 0.3) is 0 Å². The Labute approximate surface area is 274 Å². The minimum Gasteiger partial charge on any atom is -0.394 e. The van der Waals surface area contributed by atoms with Gasteiger partial charge in [-0.05, 0) is 38.5 Å². The van der Waals surface area contributed by atoms with Crippen molar-refractivity contribution in [3.63, 3.8) is 0 Å². The monoisotopic (exact) mass is 624 g/mol. The first kappa shape index (κ1) is 43.1. The number of aliphatic hydroxyl groups excluding tert-OH is 3. The zero-order chi connectivity index (χ0) is 32.4. The number of nitrogens with one attached hydrogen (secondary N) is 1. The number of unbranched alkanes of at least 4 members (excludes halogenated alkanes) is 25. The molecule has 0 aromatic heterocycles. The fourth-order valence-electron chi connectivity index (χ4n) is 6.04. The molecule has 4 N–H and O–H groups in total. The third-order valence-electron chi connectivity index (χ3n) is 9.12. The molecule has 0 heterocycles. The van der Waals surface area contributed by atoms with Crippen LogP contribution in [-0.2, 0) is 4.79 Å². The normalized spacial score (nSPS) is 13.8. The summed E-state index contributed by atoms with van der Waals surface area (Å²) in [7, 11) is 0. The van der Waals surface area contributed by atoms with Crippen LogP contribution < -0.4 is 5.32 Å². The van der Waals surface area contributed by atoms with E-state index in [1.807, 2.05) is 0 Å². The van der Waals surface area contributed by atoms with Crippen molar-refractivity contribution in [2.45, 2.75) is 225 Å². The fourth-order valence-corrected chi connectivity index (χ4v) is 6.04. The maximum absolute atomic E-state index is 12.3. The highest BCUT2D eigenvalue weighted by Gasteiger charge is 2.26. The highest BCUT2D eigenvalue weighted by atomic mass is 16.3. The minimum atomic E-state index is -1.15. The molecule has 262 valence electrons. The molecule has 0 aliphatic carbocycles. The highest BCUT2D eigenvalue weighted by molar-refractivity contribution is 5.76. The number of hydrogen-bond acceptors (Lipinski definition) is 4. The summed E-state index contributed by atoms with van der Waals surface area (Å²) in [6.07, 6.45) is 38.8. The first-order valence-corrected chi connectivity index (χ1v) is 19.5. The summed E-state index contributed by atoms with van der Waals surface area (Å²) in [6, 6.07) is -0.818. The summed E-state index contributed by atoms with van der Waals surface area (Å²) in [5, 5.41) is 33.3. The van der Waals surface area contributed by atoms with Crippen molar-refractivity contribution in [2.75, 3.05) is 6.61 Å². The van der Waals surface area contributed by atoms with Gasteiger partial charge in [-0.1, -0.05) is 174 Å². The largest absolute Gasteiger partial charge is 0.394 e. The van der Waals surface area contributed by atoms with E-state index in [0.717, 1.165) is 38.5 Å². The third kappa shape index (κ3) is 29.8. The molecule has 0 fully saturated rings. The van der Waals surface area contributed by atoms with Crippen molar-refractivity contribution in [1.29, 1.82) is 0 Å². The van der Waals surface area contributed by atoms with Gasteiger partial charge in [0.2, 0.25) is 5.91 Å². The SMILES string of the molecule is CCCCCCCCCCCCCCCC/C=C/CCCC(O)C(O)C(CO)NC(=O)CCCCCCCCCCCCC. The molecule has 0 rings (SSSR count). The topological polar surface area (TPSA) is 89.8 Å². The molecule has 0 bridgehead atoms. The molecule has 0 aliphatic heterocycles. The average Bonchev–Trinajstić information content (AvgIpc) is 3.03. The van der Waals surface area contributed by atoms with Gasteiger partial charge in [-0.2, -0.15) is 0 Å². The van der Waals surface area contributed by atoms with Crippen LogP contribution in [0.2, 0.25) is 0 Å². The number of rotatable bonds is 35. The van der Waals surface area contributed by atoms with Crippen molar-refractivity contribution in [1.82, 2.24) is 5.32 Å². The van der Waals surface area contributed by atoms with Gasteiger partial charge in [0.25, 0.3) is 0 Å². The van der Waals surface area contributed by atoms with Gasteiger partial charge in [-0.3, -0.25) is 4.79 Å². The van der Waals surface area contributed by atoms with E-state index < -0.39 is 18.2 Å². The standard InChI is InChI=1S/C39H77NO4/c1-3-5-7-9-11-13-15-16-17-18-19-20-21-22-24-25-27-29-31-33-37(42)39(44)36(35-41)40-38(43)34-32-30-28-26-23-14-12-10-8-6-4-2/h25,27,36-37,39,41-42,44H,3-24,26,28-35H2,1-2H3,(H,40,43)/b27-25+. The molecule has 3 atom stereocenters. The van der Waals surface area contributed by atoms with E-state index >= 15 is 0 Å². The van der Waals surface area contributed by atoms with E-state index in [0.29, 0.717) is 12.8 Å². The second-order valence-electron chi connectivity index (χ2n) is 13.5. The molecule has 1 amide bonds. The van der Waals surface area contributed by atoms with Crippen LogP contribution in [0.4, 0.5) is 0 Å². The first-order chi connectivity index (χ1) is 21.6. The van der Waals surface area contributed by atoms with Crippen molar-refractivity contribution >= 4 is 5.91 Å². The quantitative estimate of drug-likeness (QED) is 0.0418. The van der Waals surface area contributed by atoms with Crippen molar-refractivity contribution in [3.8, 4) is 0 Å². The van der Waals surface area contributed by atoms with Crippen LogP contribution in [-0.4, -0.2) is 46.1 Å². The molecular formula is C39H77NO4. The number of hydrogen-bond donors (Lipinski definition) is 4.